The van der Waals surface area contributed by atoms with Crippen molar-refractivity contribution in [2.24, 2.45) is 0 Å². The molecule has 6 nitrogen and oxygen atoms in total. The van der Waals surface area contributed by atoms with Gasteiger partial charge in [-0.3, -0.25) is 4.79 Å². The summed E-state index contributed by atoms with van der Waals surface area (Å²) >= 11 is 1.24. The molecule has 0 unspecified atom stereocenters. The number of hydrogen-bond acceptors (Lipinski definition) is 6. The third-order valence-corrected chi connectivity index (χ3v) is 4.21. The number of aromatic nitrogens is 3. The minimum atomic E-state index is -0.211. The van der Waals surface area contributed by atoms with E-state index in [1.54, 1.807) is 18.5 Å². The molecule has 2 heterocycles. The summed E-state index contributed by atoms with van der Waals surface area (Å²) < 4.78 is 0. The average molecular weight is 326 g/mol. The van der Waals surface area contributed by atoms with Gasteiger partial charge in [-0.15, -0.1) is 11.3 Å². The van der Waals surface area contributed by atoms with Crippen molar-refractivity contribution < 1.29 is 9.90 Å². The predicted molar refractivity (Wildman–Crippen MR) is 86.7 cm³/mol. The van der Waals surface area contributed by atoms with Crippen LogP contribution >= 0.6 is 11.3 Å². The van der Waals surface area contributed by atoms with Crippen molar-refractivity contribution in [3.05, 3.63) is 64.9 Å². The Morgan fingerprint density at radius 1 is 1.09 bits per heavy atom. The molecular formula is C16H14N4O2S. The van der Waals surface area contributed by atoms with Gasteiger partial charge in [0, 0.05) is 18.9 Å². The molecule has 2 aromatic heterocycles. The zero-order valence-electron chi connectivity index (χ0n) is 12.1. The highest BCUT2D eigenvalue weighted by Gasteiger charge is 2.13. The number of carbonyl (C=O) groups is 1. The fraction of sp³-hybridized carbons (Fsp3) is 0.125. The SMILES string of the molecule is O=C(NCc1ccccc1CO)c1cnc(-c2ncccn2)s1. The molecule has 3 rings (SSSR count). The van der Waals surface area contributed by atoms with Gasteiger partial charge in [-0.1, -0.05) is 24.3 Å². The van der Waals surface area contributed by atoms with E-state index in [1.165, 1.54) is 17.5 Å². The van der Waals surface area contributed by atoms with Gasteiger partial charge in [0.1, 0.15) is 4.88 Å². The standard InChI is InChI=1S/C16H14N4O2S/c21-10-12-5-2-1-4-11(12)8-19-15(22)13-9-20-16(23-13)14-17-6-3-7-18-14/h1-7,9,21H,8,10H2,(H,19,22). The van der Waals surface area contributed by atoms with Crippen LogP contribution in [0.15, 0.2) is 48.9 Å². The Bertz CT molecular complexity index is 805. The van der Waals surface area contributed by atoms with Gasteiger partial charge < -0.3 is 10.4 Å². The first kappa shape index (κ1) is 15.3. The molecule has 0 spiro atoms. The first-order valence-electron chi connectivity index (χ1n) is 6.97. The van der Waals surface area contributed by atoms with Crippen molar-refractivity contribution in [3.63, 3.8) is 0 Å². The molecule has 0 saturated carbocycles. The third kappa shape index (κ3) is 3.58. The molecule has 0 radical (unpaired) electrons. The zero-order chi connectivity index (χ0) is 16.1. The molecule has 7 heteroatoms. The highest BCUT2D eigenvalue weighted by Crippen LogP contribution is 2.21. The van der Waals surface area contributed by atoms with Crippen LogP contribution in [0, 0.1) is 0 Å². The first-order chi connectivity index (χ1) is 11.3. The Labute approximate surface area is 136 Å². The number of hydrogen-bond donors (Lipinski definition) is 2. The highest BCUT2D eigenvalue weighted by molar-refractivity contribution is 7.16. The summed E-state index contributed by atoms with van der Waals surface area (Å²) in [6.07, 6.45) is 4.79. The zero-order valence-corrected chi connectivity index (χ0v) is 13.0. The maximum absolute atomic E-state index is 12.2. The first-order valence-corrected chi connectivity index (χ1v) is 7.78. The van der Waals surface area contributed by atoms with Crippen LogP contribution in [0.5, 0.6) is 0 Å². The number of thiazole rings is 1. The van der Waals surface area contributed by atoms with E-state index in [-0.39, 0.29) is 12.5 Å². The second-order valence-electron chi connectivity index (χ2n) is 4.71. The van der Waals surface area contributed by atoms with E-state index in [0.29, 0.717) is 22.3 Å². The van der Waals surface area contributed by atoms with Crippen molar-refractivity contribution in [1.82, 2.24) is 20.3 Å². The van der Waals surface area contributed by atoms with Crippen molar-refractivity contribution in [3.8, 4) is 10.8 Å². The summed E-state index contributed by atoms with van der Waals surface area (Å²) in [5.74, 6) is 0.291. The van der Waals surface area contributed by atoms with Crippen molar-refractivity contribution in [1.29, 1.82) is 0 Å². The van der Waals surface area contributed by atoms with Crippen molar-refractivity contribution in [2.45, 2.75) is 13.2 Å². The fourth-order valence-corrected chi connectivity index (χ4v) is 2.82. The summed E-state index contributed by atoms with van der Waals surface area (Å²) in [7, 11) is 0. The van der Waals surface area contributed by atoms with Gasteiger partial charge in [-0.25, -0.2) is 15.0 Å². The Balaban J connectivity index is 1.68. The van der Waals surface area contributed by atoms with Gasteiger partial charge in [0.05, 0.1) is 12.8 Å². The van der Waals surface area contributed by atoms with Crippen LogP contribution in [0.3, 0.4) is 0 Å². The monoisotopic (exact) mass is 326 g/mol. The molecular weight excluding hydrogens is 312 g/mol. The van der Waals surface area contributed by atoms with E-state index in [9.17, 15) is 9.90 Å². The Morgan fingerprint density at radius 3 is 2.57 bits per heavy atom. The fourth-order valence-electron chi connectivity index (χ4n) is 2.04. The molecule has 23 heavy (non-hydrogen) atoms. The number of nitrogens with one attached hydrogen (secondary N) is 1. The van der Waals surface area contributed by atoms with Crippen LogP contribution < -0.4 is 5.32 Å². The maximum atomic E-state index is 12.2. The Kier molecular flexibility index (Phi) is 4.70. The summed E-state index contributed by atoms with van der Waals surface area (Å²) in [6, 6.07) is 9.16. The summed E-state index contributed by atoms with van der Waals surface area (Å²) in [4.78, 5) is 25.1. The molecule has 0 aliphatic heterocycles. The topological polar surface area (TPSA) is 88.0 Å². The molecule has 3 aromatic rings. The van der Waals surface area contributed by atoms with Gasteiger partial charge in [-0.05, 0) is 17.2 Å². The lowest BCUT2D eigenvalue weighted by atomic mass is 10.1. The number of aliphatic hydroxyl groups excluding tert-OH is 1. The maximum Gasteiger partial charge on any atom is 0.263 e. The van der Waals surface area contributed by atoms with E-state index in [1.807, 2.05) is 24.3 Å². The average Bonchev–Trinajstić information content (AvgIpc) is 3.11. The van der Waals surface area contributed by atoms with Crippen LogP contribution in [-0.2, 0) is 13.2 Å². The number of carbonyl (C=O) groups excluding carboxylic acids is 1. The Hall–Kier alpha value is -2.64. The van der Waals surface area contributed by atoms with Crippen molar-refractivity contribution in [2.75, 3.05) is 0 Å². The lowest BCUT2D eigenvalue weighted by Gasteiger charge is -2.07. The van der Waals surface area contributed by atoms with Crippen LogP contribution in [-0.4, -0.2) is 26.0 Å². The summed E-state index contributed by atoms with van der Waals surface area (Å²) in [5, 5.41) is 12.7. The molecule has 2 N–H and O–H groups in total. The molecule has 0 atom stereocenters. The Morgan fingerprint density at radius 2 is 1.83 bits per heavy atom. The molecule has 0 aliphatic rings. The normalized spacial score (nSPS) is 10.5. The second kappa shape index (κ2) is 7.08. The number of rotatable bonds is 5. The van der Waals surface area contributed by atoms with Crippen LogP contribution in [0.2, 0.25) is 0 Å². The van der Waals surface area contributed by atoms with Gasteiger partial charge in [0.15, 0.2) is 10.8 Å². The quantitative estimate of drug-likeness (QED) is 0.749. The van der Waals surface area contributed by atoms with E-state index >= 15 is 0 Å². The van der Waals surface area contributed by atoms with Crippen LogP contribution in [0.25, 0.3) is 10.8 Å². The number of aliphatic hydroxyl groups is 1. The van der Waals surface area contributed by atoms with Gasteiger partial charge in [0.25, 0.3) is 5.91 Å². The second-order valence-corrected chi connectivity index (χ2v) is 5.74. The smallest absolute Gasteiger partial charge is 0.263 e. The number of amides is 1. The van der Waals surface area contributed by atoms with E-state index in [2.05, 4.69) is 20.3 Å². The predicted octanol–water partition coefficient (Wildman–Crippen LogP) is 2.02. The lowest BCUT2D eigenvalue weighted by molar-refractivity contribution is 0.0954. The summed E-state index contributed by atoms with van der Waals surface area (Å²) in [5.41, 5.74) is 1.69. The van der Waals surface area contributed by atoms with Gasteiger partial charge >= 0.3 is 0 Å². The van der Waals surface area contributed by atoms with Crippen LogP contribution in [0.4, 0.5) is 0 Å². The molecule has 0 fully saturated rings. The van der Waals surface area contributed by atoms with E-state index < -0.39 is 0 Å². The van der Waals surface area contributed by atoms with Crippen molar-refractivity contribution >= 4 is 17.2 Å². The number of benzene rings is 1. The van der Waals surface area contributed by atoms with Gasteiger partial charge in [-0.2, -0.15) is 0 Å². The molecule has 0 aliphatic carbocycles. The molecule has 0 saturated heterocycles. The van der Waals surface area contributed by atoms with Gasteiger partial charge in [0.2, 0.25) is 0 Å². The molecule has 116 valence electrons. The lowest BCUT2D eigenvalue weighted by Crippen LogP contribution is -2.22. The summed E-state index contributed by atoms with van der Waals surface area (Å²) in [6.45, 7) is 0.298. The molecule has 0 bridgehead atoms. The minimum absolute atomic E-state index is 0.0535. The minimum Gasteiger partial charge on any atom is -0.392 e. The van der Waals surface area contributed by atoms with Crippen LogP contribution in [0.1, 0.15) is 20.8 Å². The highest BCUT2D eigenvalue weighted by atomic mass is 32.1. The molecule has 1 aromatic carbocycles. The van der Waals surface area contributed by atoms with E-state index in [0.717, 1.165) is 11.1 Å². The third-order valence-electron chi connectivity index (χ3n) is 3.21. The molecule has 1 amide bonds. The number of nitrogens with zero attached hydrogens (tertiary/aromatic N) is 3. The largest absolute Gasteiger partial charge is 0.392 e. The van der Waals surface area contributed by atoms with E-state index in [4.69, 9.17) is 0 Å².